The first kappa shape index (κ1) is 18.0. The maximum absolute atomic E-state index is 12.9. The molecule has 0 bridgehead atoms. The van der Waals surface area contributed by atoms with Crippen molar-refractivity contribution in [2.45, 2.75) is 20.8 Å². The number of rotatable bonds is 4. The fraction of sp³-hybridized carbons (Fsp3) is 0.222. The molecule has 3 rings (SSSR count). The highest BCUT2D eigenvalue weighted by atomic mass is 35.5. The fourth-order valence-electron chi connectivity index (χ4n) is 2.67. The summed E-state index contributed by atoms with van der Waals surface area (Å²) in [5.41, 5.74) is 2.66. The Bertz CT molecular complexity index is 870. The number of amides is 1. The van der Waals surface area contributed by atoms with Crippen LogP contribution in [0.25, 0.3) is 6.08 Å². The Labute approximate surface area is 161 Å². The lowest BCUT2D eigenvalue weighted by Gasteiger charge is -2.20. The smallest absolute Gasteiger partial charge is 0.285 e. The zero-order chi connectivity index (χ0) is 18.1. The van der Waals surface area contributed by atoms with Crippen LogP contribution in [0.4, 0.5) is 0 Å². The molecule has 0 unspecified atom stereocenters. The summed E-state index contributed by atoms with van der Waals surface area (Å²) in [7, 11) is 0. The van der Waals surface area contributed by atoms with Gasteiger partial charge in [0.2, 0.25) is 0 Å². The molecule has 25 heavy (non-hydrogen) atoms. The molecule has 1 fully saturated rings. The second kappa shape index (κ2) is 7.23. The maximum atomic E-state index is 12.9. The molecule has 4 nitrogen and oxygen atoms in total. The molecule has 7 heteroatoms. The maximum Gasteiger partial charge on any atom is 0.285 e. The number of halogens is 1. The Morgan fingerprint density at radius 2 is 1.92 bits per heavy atom. The van der Waals surface area contributed by atoms with Gasteiger partial charge in [0.15, 0.2) is 4.32 Å². The Morgan fingerprint density at radius 3 is 2.56 bits per heavy atom. The van der Waals surface area contributed by atoms with Crippen LogP contribution in [0.3, 0.4) is 0 Å². The summed E-state index contributed by atoms with van der Waals surface area (Å²) in [6.07, 6.45) is 1.78. The molecule has 2 aromatic rings. The van der Waals surface area contributed by atoms with Crippen LogP contribution < -0.4 is 9.75 Å². The third-order valence-corrected chi connectivity index (χ3v) is 5.28. The van der Waals surface area contributed by atoms with Crippen molar-refractivity contribution in [3.63, 3.8) is 0 Å². The van der Waals surface area contributed by atoms with Gasteiger partial charge in [0.1, 0.15) is 5.75 Å². The standard InChI is InChI=1S/C18H17ClN2O2S2/c1-4-23-15-8-7-14(19)9-13(15)10-16-17(22)21(18(24)25-16)20-11(2)5-6-12(20)3/h5-10H,4H2,1-3H3/b16-10+. The highest BCUT2D eigenvalue weighted by Crippen LogP contribution is 2.35. The second-order valence-electron chi connectivity index (χ2n) is 5.54. The monoisotopic (exact) mass is 392 g/mol. The van der Waals surface area contributed by atoms with Gasteiger partial charge >= 0.3 is 0 Å². The minimum absolute atomic E-state index is 0.153. The van der Waals surface area contributed by atoms with Crippen LogP contribution >= 0.6 is 35.6 Å². The van der Waals surface area contributed by atoms with E-state index in [1.54, 1.807) is 24.3 Å². The van der Waals surface area contributed by atoms with Gasteiger partial charge in [-0.05, 0) is 69.4 Å². The minimum Gasteiger partial charge on any atom is -0.493 e. The van der Waals surface area contributed by atoms with Gasteiger partial charge < -0.3 is 4.74 Å². The lowest BCUT2D eigenvalue weighted by Crippen LogP contribution is -2.39. The van der Waals surface area contributed by atoms with E-state index in [1.807, 2.05) is 37.6 Å². The summed E-state index contributed by atoms with van der Waals surface area (Å²) in [6.45, 7) is 6.33. The third-order valence-electron chi connectivity index (χ3n) is 3.77. The first-order valence-corrected chi connectivity index (χ1v) is 9.38. The van der Waals surface area contributed by atoms with Gasteiger partial charge in [0.05, 0.1) is 11.5 Å². The van der Waals surface area contributed by atoms with Crippen LogP contribution in [0, 0.1) is 13.8 Å². The number of aryl methyl sites for hydroxylation is 2. The molecule has 1 aromatic carbocycles. The van der Waals surface area contributed by atoms with Crippen molar-refractivity contribution < 1.29 is 9.53 Å². The average Bonchev–Trinajstić information content (AvgIpc) is 3.02. The average molecular weight is 393 g/mol. The number of ether oxygens (including phenoxy) is 1. The Kier molecular flexibility index (Phi) is 5.22. The van der Waals surface area contributed by atoms with Crippen molar-refractivity contribution >= 4 is 51.9 Å². The minimum atomic E-state index is -0.153. The number of thioether (sulfide) groups is 1. The van der Waals surface area contributed by atoms with Crippen LogP contribution in [0.5, 0.6) is 5.75 Å². The van der Waals surface area contributed by atoms with Gasteiger partial charge in [-0.25, -0.2) is 0 Å². The predicted molar refractivity (Wildman–Crippen MR) is 108 cm³/mol. The van der Waals surface area contributed by atoms with Gasteiger partial charge in [-0.1, -0.05) is 23.4 Å². The zero-order valence-electron chi connectivity index (χ0n) is 14.1. The van der Waals surface area contributed by atoms with E-state index in [2.05, 4.69) is 0 Å². The summed E-state index contributed by atoms with van der Waals surface area (Å²) in [5, 5.41) is 2.11. The number of thiocarbonyl (C=S) groups is 1. The van der Waals surface area contributed by atoms with E-state index < -0.39 is 0 Å². The molecule has 1 aliphatic rings. The molecular formula is C18H17ClN2O2S2. The number of aromatic nitrogens is 1. The summed E-state index contributed by atoms with van der Waals surface area (Å²) in [5.74, 6) is 0.533. The van der Waals surface area contributed by atoms with E-state index in [0.717, 1.165) is 17.0 Å². The van der Waals surface area contributed by atoms with Crippen molar-refractivity contribution in [3.8, 4) is 5.75 Å². The molecule has 0 spiro atoms. The van der Waals surface area contributed by atoms with E-state index in [4.69, 9.17) is 28.6 Å². The molecule has 2 heterocycles. The highest BCUT2D eigenvalue weighted by Gasteiger charge is 2.34. The molecule has 0 atom stereocenters. The topological polar surface area (TPSA) is 34.5 Å². The van der Waals surface area contributed by atoms with E-state index >= 15 is 0 Å². The highest BCUT2D eigenvalue weighted by molar-refractivity contribution is 8.27. The van der Waals surface area contributed by atoms with Crippen LogP contribution in [-0.4, -0.2) is 21.5 Å². The Balaban J connectivity index is 2.00. The van der Waals surface area contributed by atoms with Crippen LogP contribution in [0.15, 0.2) is 35.2 Å². The molecule has 130 valence electrons. The first-order chi connectivity index (χ1) is 11.9. The molecular weight excluding hydrogens is 376 g/mol. The van der Waals surface area contributed by atoms with Gasteiger partial charge in [-0.3, -0.25) is 9.47 Å². The van der Waals surface area contributed by atoms with Crippen LogP contribution in [-0.2, 0) is 4.79 Å². The summed E-state index contributed by atoms with van der Waals surface area (Å²) in [4.78, 5) is 13.5. The predicted octanol–water partition coefficient (Wildman–Crippen LogP) is 4.69. The van der Waals surface area contributed by atoms with Crippen LogP contribution in [0.1, 0.15) is 23.9 Å². The van der Waals surface area contributed by atoms with Crippen molar-refractivity contribution in [1.82, 2.24) is 4.68 Å². The molecule has 0 saturated carbocycles. The molecule has 0 N–H and O–H groups in total. The molecule has 1 amide bonds. The number of hydrogen-bond acceptors (Lipinski definition) is 4. The van der Waals surface area contributed by atoms with Gasteiger partial charge in [-0.15, -0.1) is 0 Å². The Morgan fingerprint density at radius 1 is 1.24 bits per heavy atom. The summed E-state index contributed by atoms with van der Waals surface area (Å²) in [6, 6.07) is 9.27. The first-order valence-electron chi connectivity index (χ1n) is 7.78. The third kappa shape index (κ3) is 3.47. The van der Waals surface area contributed by atoms with E-state index in [0.29, 0.717) is 26.6 Å². The normalized spacial score (nSPS) is 16.2. The molecule has 1 saturated heterocycles. The summed E-state index contributed by atoms with van der Waals surface area (Å²) < 4.78 is 7.96. The molecule has 1 aliphatic heterocycles. The number of carbonyl (C=O) groups excluding carboxylic acids is 1. The zero-order valence-corrected chi connectivity index (χ0v) is 16.5. The number of carbonyl (C=O) groups is 1. The quantitative estimate of drug-likeness (QED) is 0.558. The largest absolute Gasteiger partial charge is 0.493 e. The van der Waals surface area contributed by atoms with E-state index in [1.165, 1.54) is 16.8 Å². The molecule has 1 aromatic heterocycles. The fourth-order valence-corrected chi connectivity index (χ4v) is 4.08. The Hall–Kier alpha value is -1.76. The van der Waals surface area contributed by atoms with E-state index in [9.17, 15) is 4.79 Å². The number of benzene rings is 1. The van der Waals surface area contributed by atoms with Crippen molar-refractivity contribution in [2.24, 2.45) is 0 Å². The SMILES string of the molecule is CCOc1ccc(Cl)cc1/C=C1/SC(=S)N(n2c(C)ccc2C)C1=O. The van der Waals surface area contributed by atoms with Crippen LogP contribution in [0.2, 0.25) is 5.02 Å². The van der Waals surface area contributed by atoms with Gasteiger partial charge in [-0.2, -0.15) is 5.01 Å². The van der Waals surface area contributed by atoms with Crippen molar-refractivity contribution in [3.05, 3.63) is 57.2 Å². The molecule has 0 aliphatic carbocycles. The second-order valence-corrected chi connectivity index (χ2v) is 7.65. The van der Waals surface area contributed by atoms with Gasteiger partial charge in [0, 0.05) is 22.0 Å². The van der Waals surface area contributed by atoms with Crippen molar-refractivity contribution in [2.75, 3.05) is 11.6 Å². The summed E-state index contributed by atoms with van der Waals surface area (Å²) >= 11 is 12.8. The lowest BCUT2D eigenvalue weighted by molar-refractivity contribution is -0.114. The number of nitrogens with zero attached hydrogens (tertiary/aromatic N) is 2. The number of hydrogen-bond donors (Lipinski definition) is 0. The van der Waals surface area contributed by atoms with E-state index in [-0.39, 0.29) is 5.91 Å². The van der Waals surface area contributed by atoms with Gasteiger partial charge in [0.25, 0.3) is 5.91 Å². The molecule has 0 radical (unpaired) electrons. The van der Waals surface area contributed by atoms with Crippen molar-refractivity contribution in [1.29, 1.82) is 0 Å². The lowest BCUT2D eigenvalue weighted by atomic mass is 10.2.